The van der Waals surface area contributed by atoms with Crippen LogP contribution in [0.25, 0.3) is 0 Å². The van der Waals surface area contributed by atoms with Gasteiger partial charge in [0.2, 0.25) is 0 Å². The SMILES string of the molecule is Cc1nc(S(=O)(=O)NCCCCN)cn1C.Cl. The third-order valence-corrected chi connectivity index (χ3v) is 3.62. The number of rotatable bonds is 6. The Morgan fingerprint density at radius 1 is 1.47 bits per heavy atom. The molecule has 3 N–H and O–H groups in total. The lowest BCUT2D eigenvalue weighted by molar-refractivity contribution is 0.573. The summed E-state index contributed by atoms with van der Waals surface area (Å²) in [6, 6.07) is 0. The van der Waals surface area contributed by atoms with Crippen molar-refractivity contribution < 1.29 is 8.42 Å². The summed E-state index contributed by atoms with van der Waals surface area (Å²) in [7, 11) is -1.71. The van der Waals surface area contributed by atoms with Crippen molar-refractivity contribution in [2.45, 2.75) is 24.8 Å². The molecule has 8 heteroatoms. The minimum atomic E-state index is -3.47. The van der Waals surface area contributed by atoms with E-state index in [0.29, 0.717) is 18.9 Å². The second-order valence-electron chi connectivity index (χ2n) is 3.63. The molecule has 1 aromatic heterocycles. The third-order valence-electron chi connectivity index (χ3n) is 2.28. The minimum Gasteiger partial charge on any atom is -0.337 e. The molecule has 17 heavy (non-hydrogen) atoms. The first-order chi connectivity index (χ1) is 7.47. The summed E-state index contributed by atoms with van der Waals surface area (Å²) < 4.78 is 27.7. The maximum atomic E-state index is 11.7. The first-order valence-corrected chi connectivity index (χ1v) is 6.65. The van der Waals surface area contributed by atoms with Crippen molar-refractivity contribution in [3.8, 4) is 0 Å². The monoisotopic (exact) mass is 282 g/mol. The number of aryl methyl sites for hydroxylation is 2. The fourth-order valence-electron chi connectivity index (χ4n) is 1.21. The molecule has 0 aliphatic carbocycles. The molecule has 0 fully saturated rings. The molecule has 0 amide bonds. The zero-order valence-electron chi connectivity index (χ0n) is 10.0. The van der Waals surface area contributed by atoms with Gasteiger partial charge in [0.15, 0.2) is 5.03 Å². The van der Waals surface area contributed by atoms with Crippen molar-refractivity contribution in [1.82, 2.24) is 14.3 Å². The van der Waals surface area contributed by atoms with E-state index in [4.69, 9.17) is 5.73 Å². The number of unbranched alkanes of at least 4 members (excludes halogenated alkanes) is 1. The van der Waals surface area contributed by atoms with E-state index in [2.05, 4.69) is 9.71 Å². The van der Waals surface area contributed by atoms with Gasteiger partial charge in [-0.3, -0.25) is 0 Å². The van der Waals surface area contributed by atoms with Crippen LogP contribution in [0.4, 0.5) is 0 Å². The predicted molar refractivity (Wildman–Crippen MR) is 68.7 cm³/mol. The van der Waals surface area contributed by atoms with Crippen molar-refractivity contribution in [2.75, 3.05) is 13.1 Å². The molecule has 1 heterocycles. The zero-order valence-corrected chi connectivity index (χ0v) is 11.6. The van der Waals surface area contributed by atoms with Gasteiger partial charge in [0.1, 0.15) is 5.82 Å². The van der Waals surface area contributed by atoms with E-state index in [1.807, 2.05) is 0 Å². The van der Waals surface area contributed by atoms with Crippen LogP contribution >= 0.6 is 12.4 Å². The molecule has 1 aromatic rings. The van der Waals surface area contributed by atoms with Crippen molar-refractivity contribution >= 4 is 22.4 Å². The number of imidazole rings is 1. The maximum absolute atomic E-state index is 11.7. The number of hydrogen-bond donors (Lipinski definition) is 2. The highest BCUT2D eigenvalue weighted by Gasteiger charge is 2.17. The van der Waals surface area contributed by atoms with Gasteiger partial charge >= 0.3 is 0 Å². The molecule has 100 valence electrons. The summed E-state index contributed by atoms with van der Waals surface area (Å²) in [4.78, 5) is 3.97. The molecular formula is C9H19ClN4O2S. The molecule has 0 aliphatic heterocycles. The Morgan fingerprint density at radius 3 is 2.59 bits per heavy atom. The van der Waals surface area contributed by atoms with Crippen molar-refractivity contribution in [2.24, 2.45) is 12.8 Å². The topological polar surface area (TPSA) is 90.0 Å². The van der Waals surface area contributed by atoms with Crippen molar-refractivity contribution in [1.29, 1.82) is 0 Å². The fraction of sp³-hybridized carbons (Fsp3) is 0.667. The van der Waals surface area contributed by atoms with E-state index >= 15 is 0 Å². The highest BCUT2D eigenvalue weighted by Crippen LogP contribution is 2.07. The van der Waals surface area contributed by atoms with E-state index in [1.165, 1.54) is 6.20 Å². The minimum absolute atomic E-state index is 0. The van der Waals surface area contributed by atoms with Crippen LogP contribution in [0.3, 0.4) is 0 Å². The highest BCUT2D eigenvalue weighted by molar-refractivity contribution is 7.89. The normalized spacial score (nSPS) is 11.2. The maximum Gasteiger partial charge on any atom is 0.259 e. The number of nitrogens with two attached hydrogens (primary N) is 1. The second kappa shape index (κ2) is 6.95. The Morgan fingerprint density at radius 2 is 2.12 bits per heavy atom. The van der Waals surface area contributed by atoms with Crippen LogP contribution in [-0.4, -0.2) is 31.1 Å². The number of nitrogens with one attached hydrogen (secondary N) is 1. The van der Waals surface area contributed by atoms with Gasteiger partial charge in [-0.15, -0.1) is 12.4 Å². The van der Waals surface area contributed by atoms with Gasteiger partial charge in [0.25, 0.3) is 10.0 Å². The van der Waals surface area contributed by atoms with E-state index in [9.17, 15) is 8.42 Å². The lowest BCUT2D eigenvalue weighted by atomic mass is 10.3. The van der Waals surface area contributed by atoms with Gasteiger partial charge in [-0.2, -0.15) is 0 Å². The van der Waals surface area contributed by atoms with Gasteiger partial charge in [-0.1, -0.05) is 0 Å². The Hall–Kier alpha value is -0.630. The average molecular weight is 283 g/mol. The number of hydrogen-bond acceptors (Lipinski definition) is 4. The Bertz CT molecular complexity index is 424. The summed E-state index contributed by atoms with van der Waals surface area (Å²) in [5.74, 6) is 0.669. The number of nitrogens with zero attached hydrogens (tertiary/aromatic N) is 2. The molecule has 0 saturated heterocycles. The molecule has 0 saturated carbocycles. The molecule has 0 radical (unpaired) electrons. The molecule has 0 atom stereocenters. The van der Waals surface area contributed by atoms with Crippen molar-refractivity contribution in [3.05, 3.63) is 12.0 Å². The number of aromatic nitrogens is 2. The van der Waals surface area contributed by atoms with Crippen LogP contribution in [0.15, 0.2) is 11.2 Å². The van der Waals surface area contributed by atoms with Crippen LogP contribution in [0, 0.1) is 6.92 Å². The molecular weight excluding hydrogens is 264 g/mol. The van der Waals surface area contributed by atoms with Crippen LogP contribution in [-0.2, 0) is 17.1 Å². The van der Waals surface area contributed by atoms with Crippen LogP contribution in [0.2, 0.25) is 0 Å². The predicted octanol–water partition coefficient (Wildman–Crippen LogP) is 0.168. The molecule has 0 bridgehead atoms. The molecule has 0 spiro atoms. The Balaban J connectivity index is 0.00000256. The van der Waals surface area contributed by atoms with Gasteiger partial charge in [0.05, 0.1) is 0 Å². The summed E-state index contributed by atoms with van der Waals surface area (Å²) in [5, 5.41) is 0.0697. The first kappa shape index (κ1) is 16.4. The Labute approximate surface area is 108 Å². The molecule has 6 nitrogen and oxygen atoms in total. The van der Waals surface area contributed by atoms with E-state index in [1.54, 1.807) is 18.5 Å². The molecule has 0 aliphatic rings. The van der Waals surface area contributed by atoms with Crippen LogP contribution in [0.5, 0.6) is 0 Å². The van der Waals surface area contributed by atoms with Crippen LogP contribution < -0.4 is 10.5 Å². The first-order valence-electron chi connectivity index (χ1n) is 5.17. The smallest absolute Gasteiger partial charge is 0.259 e. The number of halogens is 1. The van der Waals surface area contributed by atoms with Gasteiger partial charge < -0.3 is 10.3 Å². The second-order valence-corrected chi connectivity index (χ2v) is 5.34. The molecule has 0 aromatic carbocycles. The van der Waals surface area contributed by atoms with Crippen LogP contribution in [0.1, 0.15) is 18.7 Å². The van der Waals surface area contributed by atoms with E-state index < -0.39 is 10.0 Å². The quantitative estimate of drug-likeness (QED) is 0.728. The third kappa shape index (κ3) is 4.63. The summed E-state index contributed by atoms with van der Waals surface area (Å²) in [6.45, 7) is 2.73. The van der Waals surface area contributed by atoms with Gasteiger partial charge in [-0.05, 0) is 26.3 Å². The number of sulfonamides is 1. The average Bonchev–Trinajstić information content (AvgIpc) is 2.55. The molecule has 0 unspecified atom stereocenters. The fourth-order valence-corrected chi connectivity index (χ4v) is 2.32. The lowest BCUT2D eigenvalue weighted by Gasteiger charge is -2.02. The summed E-state index contributed by atoms with van der Waals surface area (Å²) in [6.07, 6.45) is 3.05. The molecule has 1 rings (SSSR count). The summed E-state index contributed by atoms with van der Waals surface area (Å²) in [5.41, 5.74) is 5.32. The van der Waals surface area contributed by atoms with Gasteiger partial charge in [0, 0.05) is 19.8 Å². The van der Waals surface area contributed by atoms with E-state index in [-0.39, 0.29) is 17.4 Å². The van der Waals surface area contributed by atoms with Gasteiger partial charge in [-0.25, -0.2) is 18.1 Å². The zero-order chi connectivity index (χ0) is 12.2. The lowest BCUT2D eigenvalue weighted by Crippen LogP contribution is -2.25. The Kier molecular flexibility index (Phi) is 6.69. The van der Waals surface area contributed by atoms with E-state index in [0.717, 1.165) is 12.8 Å². The summed E-state index contributed by atoms with van der Waals surface area (Å²) >= 11 is 0. The van der Waals surface area contributed by atoms with Crippen molar-refractivity contribution in [3.63, 3.8) is 0 Å². The standard InChI is InChI=1S/C9H18N4O2S.ClH/c1-8-12-9(7-13(8)2)16(14,15)11-6-4-3-5-10;/h7,11H,3-6,10H2,1-2H3;1H. The highest BCUT2D eigenvalue weighted by atomic mass is 35.5. The largest absolute Gasteiger partial charge is 0.337 e.